The van der Waals surface area contributed by atoms with Gasteiger partial charge in [-0.2, -0.15) is 0 Å². The van der Waals surface area contributed by atoms with Crippen molar-refractivity contribution in [1.29, 1.82) is 0 Å². The second-order valence-corrected chi connectivity index (χ2v) is 5.25. The zero-order valence-corrected chi connectivity index (χ0v) is 12.0. The molecule has 1 aliphatic rings. The van der Waals surface area contributed by atoms with Crippen LogP contribution in [0.3, 0.4) is 0 Å². The van der Waals surface area contributed by atoms with Crippen LogP contribution >= 0.6 is 0 Å². The normalized spacial score (nSPS) is 16.3. The molecule has 1 saturated heterocycles. The Hall–Kier alpha value is -1.39. The van der Waals surface area contributed by atoms with Crippen molar-refractivity contribution in [3.05, 3.63) is 35.9 Å². The van der Waals surface area contributed by atoms with Crippen LogP contribution in [0.5, 0.6) is 0 Å². The van der Waals surface area contributed by atoms with Crippen LogP contribution in [0.15, 0.2) is 35.5 Å². The van der Waals surface area contributed by atoms with E-state index in [2.05, 4.69) is 22.2 Å². The largest absolute Gasteiger partial charge is 0.411 e. The lowest BCUT2D eigenvalue weighted by Crippen LogP contribution is -2.34. The number of likely N-dealkylation sites (tertiary alicyclic amines) is 1. The molecule has 0 atom stereocenters. The Kier molecular flexibility index (Phi) is 6.54. The second kappa shape index (κ2) is 8.72. The van der Waals surface area contributed by atoms with Crippen LogP contribution < -0.4 is 0 Å². The van der Waals surface area contributed by atoms with Gasteiger partial charge in [0.25, 0.3) is 0 Å². The molecule has 2 rings (SSSR count). The quantitative estimate of drug-likeness (QED) is 0.473. The van der Waals surface area contributed by atoms with Gasteiger partial charge in [-0.25, -0.2) is 0 Å². The van der Waals surface area contributed by atoms with Gasteiger partial charge in [0.15, 0.2) is 0 Å². The van der Waals surface area contributed by atoms with Crippen molar-refractivity contribution >= 4 is 5.71 Å². The average molecular weight is 276 g/mol. The van der Waals surface area contributed by atoms with E-state index >= 15 is 0 Å². The zero-order valence-electron chi connectivity index (χ0n) is 12.0. The molecule has 0 unspecified atom stereocenters. The molecule has 1 aromatic rings. The first-order chi connectivity index (χ1) is 9.88. The van der Waals surface area contributed by atoms with Crippen molar-refractivity contribution in [2.45, 2.75) is 32.3 Å². The maximum absolute atomic E-state index is 8.70. The number of ether oxygens (including phenoxy) is 1. The van der Waals surface area contributed by atoms with Crippen molar-refractivity contribution in [2.24, 2.45) is 5.16 Å². The van der Waals surface area contributed by atoms with E-state index in [9.17, 15) is 0 Å². The predicted molar refractivity (Wildman–Crippen MR) is 80.2 cm³/mol. The minimum Gasteiger partial charge on any atom is -0.411 e. The minimum absolute atomic E-state index is 0.709. The number of rotatable bonds is 7. The fourth-order valence-corrected chi connectivity index (χ4v) is 2.44. The highest BCUT2D eigenvalue weighted by atomic mass is 16.5. The monoisotopic (exact) mass is 276 g/mol. The summed E-state index contributed by atoms with van der Waals surface area (Å²) in [4.78, 5) is 2.44. The number of piperidine rings is 1. The van der Waals surface area contributed by atoms with Crippen LogP contribution in [0.4, 0.5) is 0 Å². The van der Waals surface area contributed by atoms with E-state index in [0.717, 1.165) is 51.2 Å². The number of hydrogen-bond acceptors (Lipinski definition) is 4. The van der Waals surface area contributed by atoms with Gasteiger partial charge in [-0.05, 0) is 24.9 Å². The summed E-state index contributed by atoms with van der Waals surface area (Å²) >= 11 is 0. The number of oxime groups is 1. The standard InChI is InChI=1S/C16H24N2O2/c19-17-16-8-11-18(12-9-16)10-4-5-13-20-14-15-6-2-1-3-7-15/h1-3,6-7,19H,4-5,8-14H2. The molecule has 110 valence electrons. The SMILES string of the molecule is ON=C1CCN(CCCCOCc2ccccc2)CC1. The van der Waals surface area contributed by atoms with Gasteiger partial charge in [-0.3, -0.25) is 0 Å². The summed E-state index contributed by atoms with van der Waals surface area (Å²) in [5, 5.41) is 12.0. The lowest BCUT2D eigenvalue weighted by molar-refractivity contribution is 0.114. The van der Waals surface area contributed by atoms with Crippen LogP contribution in [-0.2, 0) is 11.3 Å². The molecule has 1 aliphatic heterocycles. The first kappa shape index (κ1) is 15.0. The van der Waals surface area contributed by atoms with E-state index in [1.807, 2.05) is 18.2 Å². The van der Waals surface area contributed by atoms with Gasteiger partial charge in [0.1, 0.15) is 0 Å². The Morgan fingerprint density at radius 1 is 1.10 bits per heavy atom. The Morgan fingerprint density at radius 3 is 2.55 bits per heavy atom. The van der Waals surface area contributed by atoms with E-state index in [0.29, 0.717) is 6.61 Å². The van der Waals surface area contributed by atoms with Gasteiger partial charge in [-0.15, -0.1) is 0 Å². The minimum atomic E-state index is 0.709. The third-order valence-electron chi connectivity index (χ3n) is 3.70. The summed E-state index contributed by atoms with van der Waals surface area (Å²) < 4.78 is 5.67. The molecule has 1 fully saturated rings. The third-order valence-corrected chi connectivity index (χ3v) is 3.70. The molecule has 1 N–H and O–H groups in total. The zero-order chi connectivity index (χ0) is 14.0. The molecule has 0 aromatic heterocycles. The number of nitrogens with zero attached hydrogens (tertiary/aromatic N) is 2. The molecular weight excluding hydrogens is 252 g/mol. The fourth-order valence-electron chi connectivity index (χ4n) is 2.44. The van der Waals surface area contributed by atoms with Gasteiger partial charge in [0, 0.05) is 32.5 Å². The maximum Gasteiger partial charge on any atom is 0.0716 e. The highest BCUT2D eigenvalue weighted by Gasteiger charge is 2.14. The first-order valence-electron chi connectivity index (χ1n) is 7.42. The Morgan fingerprint density at radius 2 is 1.85 bits per heavy atom. The van der Waals surface area contributed by atoms with Crippen molar-refractivity contribution in [2.75, 3.05) is 26.2 Å². The molecule has 0 bridgehead atoms. The number of hydrogen-bond donors (Lipinski definition) is 1. The molecule has 4 heteroatoms. The maximum atomic E-state index is 8.70. The van der Waals surface area contributed by atoms with Crippen molar-refractivity contribution in [3.8, 4) is 0 Å². The van der Waals surface area contributed by atoms with Gasteiger partial charge in [-0.1, -0.05) is 35.5 Å². The van der Waals surface area contributed by atoms with Crippen molar-refractivity contribution < 1.29 is 9.94 Å². The van der Waals surface area contributed by atoms with E-state index < -0.39 is 0 Å². The molecule has 0 amide bonds. The highest BCUT2D eigenvalue weighted by molar-refractivity contribution is 5.84. The predicted octanol–water partition coefficient (Wildman–Crippen LogP) is 2.91. The van der Waals surface area contributed by atoms with Crippen molar-refractivity contribution in [3.63, 3.8) is 0 Å². The fraction of sp³-hybridized carbons (Fsp3) is 0.562. The van der Waals surface area contributed by atoms with Crippen LogP contribution in [0.2, 0.25) is 0 Å². The van der Waals surface area contributed by atoms with E-state index in [4.69, 9.17) is 9.94 Å². The van der Waals surface area contributed by atoms with E-state index in [1.54, 1.807) is 0 Å². The summed E-state index contributed by atoms with van der Waals surface area (Å²) in [6.07, 6.45) is 4.08. The van der Waals surface area contributed by atoms with Gasteiger partial charge < -0.3 is 14.8 Å². The van der Waals surface area contributed by atoms with Crippen LogP contribution in [0.1, 0.15) is 31.2 Å². The average Bonchev–Trinajstić information content (AvgIpc) is 2.52. The lowest BCUT2D eigenvalue weighted by Gasteiger charge is -2.26. The van der Waals surface area contributed by atoms with Crippen LogP contribution in [0.25, 0.3) is 0 Å². The van der Waals surface area contributed by atoms with E-state index in [1.165, 1.54) is 12.0 Å². The second-order valence-electron chi connectivity index (χ2n) is 5.25. The molecule has 1 aromatic carbocycles. The summed E-state index contributed by atoms with van der Waals surface area (Å²) in [6, 6.07) is 10.3. The summed E-state index contributed by atoms with van der Waals surface area (Å²) in [7, 11) is 0. The van der Waals surface area contributed by atoms with Crippen molar-refractivity contribution in [1.82, 2.24) is 4.90 Å². The Labute approximate surface area is 121 Å². The molecule has 0 aliphatic carbocycles. The Balaban J connectivity index is 1.48. The summed E-state index contributed by atoms with van der Waals surface area (Å²) in [5.41, 5.74) is 2.17. The third kappa shape index (κ3) is 5.31. The molecule has 20 heavy (non-hydrogen) atoms. The molecule has 4 nitrogen and oxygen atoms in total. The molecule has 0 radical (unpaired) electrons. The molecule has 0 spiro atoms. The van der Waals surface area contributed by atoms with Crippen LogP contribution in [0, 0.1) is 0 Å². The Bertz CT molecular complexity index is 396. The van der Waals surface area contributed by atoms with Gasteiger partial charge in [0.2, 0.25) is 0 Å². The molecular formula is C16H24N2O2. The smallest absolute Gasteiger partial charge is 0.0716 e. The van der Waals surface area contributed by atoms with E-state index in [-0.39, 0.29) is 0 Å². The van der Waals surface area contributed by atoms with Gasteiger partial charge in [0.05, 0.1) is 12.3 Å². The molecule has 0 saturated carbocycles. The van der Waals surface area contributed by atoms with Crippen LogP contribution in [-0.4, -0.2) is 42.1 Å². The topological polar surface area (TPSA) is 45.1 Å². The summed E-state index contributed by atoms with van der Waals surface area (Å²) in [5.74, 6) is 0. The lowest BCUT2D eigenvalue weighted by atomic mass is 10.1. The number of unbranched alkanes of at least 4 members (excludes halogenated alkanes) is 1. The highest BCUT2D eigenvalue weighted by Crippen LogP contribution is 2.08. The van der Waals surface area contributed by atoms with Gasteiger partial charge >= 0.3 is 0 Å². The summed E-state index contributed by atoms with van der Waals surface area (Å²) in [6.45, 7) is 4.69. The first-order valence-corrected chi connectivity index (χ1v) is 7.42. The number of benzene rings is 1. The molecule has 1 heterocycles.